The minimum Gasteiger partial charge on any atom is -0.491 e. The molecular formula is C18H23FN4O3. The maximum atomic E-state index is 12.4. The lowest BCUT2D eigenvalue weighted by Gasteiger charge is -2.20. The number of hydrogen-bond acceptors (Lipinski definition) is 4. The highest BCUT2D eigenvalue weighted by Crippen LogP contribution is 2.30. The van der Waals surface area contributed by atoms with Gasteiger partial charge in [-0.15, -0.1) is 0 Å². The molecule has 2 heterocycles. The minimum atomic E-state index is -0.561. The SMILES string of the molecule is Cc1nn(C)cc1[C@@H]1OCC[C@H]1NC(=O)Nc1cccc(OCCF)c1. The second-order valence-electron chi connectivity index (χ2n) is 6.19. The van der Waals surface area contributed by atoms with Crippen molar-refractivity contribution in [1.82, 2.24) is 15.1 Å². The van der Waals surface area contributed by atoms with Gasteiger partial charge in [0.15, 0.2) is 0 Å². The number of nitrogens with one attached hydrogen (secondary N) is 2. The lowest BCUT2D eigenvalue weighted by molar-refractivity contribution is 0.0998. The molecular weight excluding hydrogens is 339 g/mol. The molecule has 8 heteroatoms. The summed E-state index contributed by atoms with van der Waals surface area (Å²) in [5.41, 5.74) is 2.45. The van der Waals surface area contributed by atoms with Crippen LogP contribution in [0.15, 0.2) is 30.5 Å². The topological polar surface area (TPSA) is 77.4 Å². The molecule has 7 nitrogen and oxygen atoms in total. The highest BCUT2D eigenvalue weighted by Gasteiger charge is 2.33. The number of ether oxygens (including phenoxy) is 2. The van der Waals surface area contributed by atoms with Crippen LogP contribution in [-0.4, -0.2) is 41.7 Å². The van der Waals surface area contributed by atoms with E-state index in [4.69, 9.17) is 9.47 Å². The minimum absolute atomic E-state index is 0.0127. The average molecular weight is 362 g/mol. The number of hydrogen-bond donors (Lipinski definition) is 2. The predicted octanol–water partition coefficient (Wildman–Crippen LogP) is 2.73. The van der Waals surface area contributed by atoms with Crippen molar-refractivity contribution in [1.29, 1.82) is 0 Å². The van der Waals surface area contributed by atoms with Crippen LogP contribution in [0.25, 0.3) is 0 Å². The zero-order chi connectivity index (χ0) is 18.5. The van der Waals surface area contributed by atoms with E-state index in [1.807, 2.05) is 20.2 Å². The van der Waals surface area contributed by atoms with Gasteiger partial charge < -0.3 is 20.1 Å². The van der Waals surface area contributed by atoms with Crippen molar-refractivity contribution in [2.45, 2.75) is 25.5 Å². The Balaban J connectivity index is 1.61. The normalized spacial score (nSPS) is 19.3. The van der Waals surface area contributed by atoms with Gasteiger partial charge in [0.25, 0.3) is 0 Å². The van der Waals surface area contributed by atoms with E-state index < -0.39 is 6.67 Å². The van der Waals surface area contributed by atoms with Crippen LogP contribution >= 0.6 is 0 Å². The molecule has 1 aromatic heterocycles. The van der Waals surface area contributed by atoms with E-state index in [0.29, 0.717) is 18.0 Å². The summed E-state index contributed by atoms with van der Waals surface area (Å²) in [6.45, 7) is 1.93. The Kier molecular flexibility index (Phi) is 5.72. The van der Waals surface area contributed by atoms with E-state index in [1.165, 1.54) is 0 Å². The Morgan fingerprint density at radius 3 is 3.08 bits per heavy atom. The molecule has 1 aliphatic rings. The summed E-state index contributed by atoms with van der Waals surface area (Å²) in [7, 11) is 1.86. The van der Waals surface area contributed by atoms with Crippen LogP contribution in [0.2, 0.25) is 0 Å². The van der Waals surface area contributed by atoms with Crippen LogP contribution < -0.4 is 15.4 Å². The second kappa shape index (κ2) is 8.18. The van der Waals surface area contributed by atoms with Crippen molar-refractivity contribution >= 4 is 11.7 Å². The molecule has 1 saturated heterocycles. The summed E-state index contributed by atoms with van der Waals surface area (Å²) in [5.74, 6) is 0.508. The number of anilines is 1. The lowest BCUT2D eigenvalue weighted by atomic mass is 10.0. The quantitative estimate of drug-likeness (QED) is 0.828. The first kappa shape index (κ1) is 18.2. The first-order valence-electron chi connectivity index (χ1n) is 8.55. The van der Waals surface area contributed by atoms with Crippen molar-refractivity contribution in [2.24, 2.45) is 7.05 Å². The summed E-state index contributed by atoms with van der Waals surface area (Å²) in [6, 6.07) is 6.39. The number of rotatable bonds is 6. The predicted molar refractivity (Wildman–Crippen MR) is 95.1 cm³/mol. The van der Waals surface area contributed by atoms with Gasteiger partial charge in [0, 0.05) is 37.2 Å². The average Bonchev–Trinajstić information content (AvgIpc) is 3.18. The van der Waals surface area contributed by atoms with Gasteiger partial charge in [-0.05, 0) is 25.5 Å². The van der Waals surface area contributed by atoms with Gasteiger partial charge in [-0.1, -0.05) is 6.07 Å². The molecule has 2 atom stereocenters. The first-order chi connectivity index (χ1) is 12.6. The lowest BCUT2D eigenvalue weighted by Crippen LogP contribution is -2.39. The number of benzene rings is 1. The van der Waals surface area contributed by atoms with Gasteiger partial charge in [0.05, 0.1) is 11.7 Å². The van der Waals surface area contributed by atoms with Gasteiger partial charge in [0.1, 0.15) is 25.1 Å². The van der Waals surface area contributed by atoms with E-state index >= 15 is 0 Å². The van der Waals surface area contributed by atoms with Crippen molar-refractivity contribution < 1.29 is 18.7 Å². The van der Waals surface area contributed by atoms with Crippen LogP contribution in [0.4, 0.5) is 14.9 Å². The summed E-state index contributed by atoms with van der Waals surface area (Å²) in [4.78, 5) is 12.4. The number of amides is 2. The van der Waals surface area contributed by atoms with Crippen molar-refractivity contribution in [2.75, 3.05) is 25.2 Å². The van der Waals surface area contributed by atoms with Gasteiger partial charge in [0.2, 0.25) is 0 Å². The van der Waals surface area contributed by atoms with Crippen molar-refractivity contribution in [3.05, 3.63) is 41.7 Å². The zero-order valence-electron chi connectivity index (χ0n) is 14.9. The van der Waals surface area contributed by atoms with E-state index in [9.17, 15) is 9.18 Å². The number of aromatic nitrogens is 2. The fourth-order valence-corrected chi connectivity index (χ4v) is 3.10. The summed E-state index contributed by atoms with van der Waals surface area (Å²) in [5, 5.41) is 10.1. The fourth-order valence-electron chi connectivity index (χ4n) is 3.10. The maximum Gasteiger partial charge on any atom is 0.319 e. The molecule has 0 saturated carbocycles. The molecule has 1 aromatic carbocycles. The van der Waals surface area contributed by atoms with Gasteiger partial charge in [-0.25, -0.2) is 9.18 Å². The van der Waals surface area contributed by atoms with E-state index in [-0.39, 0.29) is 24.8 Å². The number of nitrogens with zero attached hydrogens (tertiary/aromatic N) is 2. The molecule has 2 aromatic rings. The summed E-state index contributed by atoms with van der Waals surface area (Å²) in [6.07, 6.45) is 2.43. The maximum absolute atomic E-state index is 12.4. The van der Waals surface area contributed by atoms with Crippen LogP contribution in [0, 0.1) is 6.92 Å². The molecule has 0 bridgehead atoms. The fraction of sp³-hybridized carbons (Fsp3) is 0.444. The van der Waals surface area contributed by atoms with Gasteiger partial charge >= 0.3 is 6.03 Å². The van der Waals surface area contributed by atoms with Crippen LogP contribution in [-0.2, 0) is 11.8 Å². The van der Waals surface area contributed by atoms with Gasteiger partial charge in [-0.3, -0.25) is 4.68 Å². The number of halogens is 1. The molecule has 26 heavy (non-hydrogen) atoms. The summed E-state index contributed by atoms with van der Waals surface area (Å²) >= 11 is 0. The number of carbonyl (C=O) groups excluding carboxylic acids is 1. The first-order valence-corrected chi connectivity index (χ1v) is 8.55. The van der Waals surface area contributed by atoms with Gasteiger partial charge in [-0.2, -0.15) is 5.10 Å². The van der Waals surface area contributed by atoms with Crippen molar-refractivity contribution in [3.8, 4) is 5.75 Å². The second-order valence-corrected chi connectivity index (χ2v) is 6.19. The number of urea groups is 1. The molecule has 0 radical (unpaired) electrons. The highest BCUT2D eigenvalue weighted by atomic mass is 19.1. The highest BCUT2D eigenvalue weighted by molar-refractivity contribution is 5.89. The molecule has 0 unspecified atom stereocenters. The number of aryl methyl sites for hydroxylation is 2. The third-order valence-corrected chi connectivity index (χ3v) is 4.20. The standard InChI is InChI=1S/C18H23FN4O3/c1-12-15(11-23(2)22-12)17-16(6-8-26-17)21-18(24)20-13-4-3-5-14(10-13)25-9-7-19/h3-5,10-11,16-17H,6-9H2,1-2H3,(H2,20,21,24)/t16-,17+/m1/s1. The third kappa shape index (κ3) is 4.32. The van der Waals surface area contributed by atoms with Crippen LogP contribution in [0.3, 0.4) is 0 Å². The van der Waals surface area contributed by atoms with Crippen molar-refractivity contribution in [3.63, 3.8) is 0 Å². The smallest absolute Gasteiger partial charge is 0.319 e. The van der Waals surface area contributed by atoms with E-state index in [0.717, 1.165) is 17.7 Å². The Morgan fingerprint density at radius 1 is 1.50 bits per heavy atom. The molecule has 2 N–H and O–H groups in total. The monoisotopic (exact) mass is 362 g/mol. The number of alkyl halides is 1. The molecule has 140 valence electrons. The Hall–Kier alpha value is -2.61. The van der Waals surface area contributed by atoms with E-state index in [2.05, 4.69) is 15.7 Å². The molecule has 0 aliphatic carbocycles. The zero-order valence-corrected chi connectivity index (χ0v) is 14.9. The Labute approximate surface area is 151 Å². The van der Waals surface area contributed by atoms with Crippen LogP contribution in [0.5, 0.6) is 5.75 Å². The number of carbonyl (C=O) groups is 1. The molecule has 2 amide bonds. The molecule has 0 spiro atoms. The molecule has 1 fully saturated rings. The molecule has 3 rings (SSSR count). The Bertz CT molecular complexity index is 765. The largest absolute Gasteiger partial charge is 0.491 e. The third-order valence-electron chi connectivity index (χ3n) is 4.20. The van der Waals surface area contributed by atoms with Crippen LogP contribution in [0.1, 0.15) is 23.8 Å². The Morgan fingerprint density at radius 2 is 2.35 bits per heavy atom. The van der Waals surface area contributed by atoms with E-state index in [1.54, 1.807) is 28.9 Å². The summed E-state index contributed by atoms with van der Waals surface area (Å²) < 4.78 is 25.0. The molecule has 1 aliphatic heterocycles.